The number of halogens is 2. The second-order valence-electron chi connectivity index (χ2n) is 5.40. The minimum atomic E-state index is -2.91. The molecular weight excluding hydrogens is 509 g/mol. The number of nitrogens with one attached hydrogen (secondary N) is 2. The van der Waals surface area contributed by atoms with Crippen LogP contribution >= 0.6 is 39.9 Å². The van der Waals surface area contributed by atoms with Gasteiger partial charge in [-0.2, -0.15) is 0 Å². The summed E-state index contributed by atoms with van der Waals surface area (Å²) in [6, 6.07) is 5.69. The van der Waals surface area contributed by atoms with Gasteiger partial charge < -0.3 is 15.4 Å². The van der Waals surface area contributed by atoms with E-state index < -0.39 is 9.84 Å². The third-order valence-corrected chi connectivity index (χ3v) is 5.83. The summed E-state index contributed by atoms with van der Waals surface area (Å²) < 4.78 is 29.4. The van der Waals surface area contributed by atoms with Gasteiger partial charge in [0.05, 0.1) is 25.2 Å². The highest BCUT2D eigenvalue weighted by atomic mass is 127. The van der Waals surface area contributed by atoms with Crippen LogP contribution in [0.1, 0.15) is 18.9 Å². The number of sulfone groups is 1. The van der Waals surface area contributed by atoms with E-state index in [1.165, 1.54) is 0 Å². The van der Waals surface area contributed by atoms with Crippen molar-refractivity contribution >= 4 is 55.7 Å². The summed E-state index contributed by atoms with van der Waals surface area (Å²) in [7, 11) is -1.28. The van der Waals surface area contributed by atoms with Gasteiger partial charge >= 0.3 is 0 Å². The fourth-order valence-electron chi connectivity index (χ4n) is 2.46. The molecule has 1 saturated heterocycles. The van der Waals surface area contributed by atoms with Gasteiger partial charge in [0, 0.05) is 22.6 Å². The van der Waals surface area contributed by atoms with Crippen LogP contribution in [-0.4, -0.2) is 45.6 Å². The summed E-state index contributed by atoms with van der Waals surface area (Å²) in [6.45, 7) is 3.13. The molecule has 2 N–H and O–H groups in total. The average Bonchev–Trinajstić information content (AvgIpc) is 2.84. The summed E-state index contributed by atoms with van der Waals surface area (Å²) in [5, 5.41) is 6.35. The first-order chi connectivity index (χ1) is 10.9. The third-order valence-electron chi connectivity index (χ3n) is 3.57. The molecule has 6 nitrogen and oxygen atoms in total. The zero-order valence-electron chi connectivity index (χ0n) is 13.7. The molecule has 1 aliphatic heterocycles. The third kappa shape index (κ3) is 6.40. The predicted molar refractivity (Wildman–Crippen MR) is 111 cm³/mol. The number of nitrogens with zero attached hydrogens (tertiary/aromatic N) is 1. The van der Waals surface area contributed by atoms with Crippen molar-refractivity contribution in [1.82, 2.24) is 10.6 Å². The van der Waals surface area contributed by atoms with Crippen molar-refractivity contribution in [3.05, 3.63) is 28.2 Å². The Morgan fingerprint density at radius 2 is 2.21 bits per heavy atom. The van der Waals surface area contributed by atoms with Crippen LogP contribution in [0.3, 0.4) is 0 Å². The quantitative estimate of drug-likeness (QED) is 0.346. The molecule has 1 atom stereocenters. The Bertz CT molecular complexity index is 683. The van der Waals surface area contributed by atoms with Crippen LogP contribution in [0.5, 0.6) is 5.75 Å². The summed E-state index contributed by atoms with van der Waals surface area (Å²) >= 11 is 3.44. The van der Waals surface area contributed by atoms with Gasteiger partial charge in [0.2, 0.25) is 0 Å². The number of guanidine groups is 1. The van der Waals surface area contributed by atoms with Crippen molar-refractivity contribution in [2.75, 3.05) is 25.2 Å². The van der Waals surface area contributed by atoms with E-state index in [1.54, 1.807) is 7.11 Å². The molecule has 24 heavy (non-hydrogen) atoms. The molecular formula is C15H23BrIN3O3S. The number of ether oxygens (including phenoxy) is 1. The van der Waals surface area contributed by atoms with Crippen LogP contribution in [0.15, 0.2) is 27.7 Å². The molecule has 1 unspecified atom stereocenters. The molecule has 0 radical (unpaired) electrons. The molecule has 0 spiro atoms. The lowest BCUT2D eigenvalue weighted by Gasteiger charge is -2.16. The van der Waals surface area contributed by atoms with Gasteiger partial charge in [-0.15, -0.1) is 24.0 Å². The van der Waals surface area contributed by atoms with Gasteiger partial charge in [0.15, 0.2) is 15.8 Å². The van der Waals surface area contributed by atoms with Crippen LogP contribution in [0.4, 0.5) is 0 Å². The van der Waals surface area contributed by atoms with Crippen molar-refractivity contribution in [1.29, 1.82) is 0 Å². The van der Waals surface area contributed by atoms with Crippen LogP contribution in [0.25, 0.3) is 0 Å². The molecule has 1 aliphatic rings. The highest BCUT2D eigenvalue weighted by Gasteiger charge is 2.28. The number of methoxy groups -OCH3 is 1. The maximum Gasteiger partial charge on any atom is 0.191 e. The van der Waals surface area contributed by atoms with Gasteiger partial charge in [-0.25, -0.2) is 13.4 Å². The van der Waals surface area contributed by atoms with Gasteiger partial charge in [0.25, 0.3) is 0 Å². The van der Waals surface area contributed by atoms with Gasteiger partial charge in [0.1, 0.15) is 5.75 Å². The SMILES string of the molecule is CCNC(=NCc1cc(Br)ccc1OC)NC1CCS(=O)(=O)C1.I. The molecule has 136 valence electrons. The second-order valence-corrected chi connectivity index (χ2v) is 8.54. The Morgan fingerprint density at radius 3 is 2.79 bits per heavy atom. The monoisotopic (exact) mass is 531 g/mol. The maximum absolute atomic E-state index is 11.6. The van der Waals surface area contributed by atoms with Crippen LogP contribution in [0, 0.1) is 0 Å². The fraction of sp³-hybridized carbons (Fsp3) is 0.533. The molecule has 1 fully saturated rings. The average molecular weight is 532 g/mol. The Kier molecular flexibility index (Phi) is 8.78. The number of benzene rings is 1. The molecule has 9 heteroatoms. The van der Waals surface area contributed by atoms with E-state index >= 15 is 0 Å². The van der Waals surface area contributed by atoms with E-state index in [-0.39, 0.29) is 41.5 Å². The minimum Gasteiger partial charge on any atom is -0.496 e. The van der Waals surface area contributed by atoms with Gasteiger partial charge in [-0.05, 0) is 31.5 Å². The first kappa shape index (κ1) is 21.5. The van der Waals surface area contributed by atoms with E-state index in [1.807, 2.05) is 25.1 Å². The van der Waals surface area contributed by atoms with Crippen molar-refractivity contribution in [2.45, 2.75) is 25.9 Å². The lowest BCUT2D eigenvalue weighted by molar-refractivity contribution is 0.409. The maximum atomic E-state index is 11.6. The van der Waals surface area contributed by atoms with Crippen LogP contribution in [-0.2, 0) is 16.4 Å². The number of aliphatic imine (C=N–C) groups is 1. The van der Waals surface area contributed by atoms with Crippen molar-refractivity contribution in [3.63, 3.8) is 0 Å². The number of hydrogen-bond donors (Lipinski definition) is 2. The smallest absolute Gasteiger partial charge is 0.191 e. The largest absolute Gasteiger partial charge is 0.496 e. The number of hydrogen-bond acceptors (Lipinski definition) is 4. The highest BCUT2D eigenvalue weighted by Crippen LogP contribution is 2.23. The molecule has 0 saturated carbocycles. The van der Waals surface area contributed by atoms with E-state index in [9.17, 15) is 8.42 Å². The predicted octanol–water partition coefficient (Wildman–Crippen LogP) is 2.32. The van der Waals surface area contributed by atoms with E-state index in [0.717, 1.165) is 15.8 Å². The number of rotatable bonds is 5. The van der Waals surface area contributed by atoms with Crippen molar-refractivity contribution in [2.24, 2.45) is 4.99 Å². The van der Waals surface area contributed by atoms with Gasteiger partial charge in [-0.3, -0.25) is 0 Å². The van der Waals surface area contributed by atoms with Crippen LogP contribution < -0.4 is 15.4 Å². The Hall–Kier alpha value is -0.550. The molecule has 0 aromatic heterocycles. The molecule has 0 bridgehead atoms. The van der Waals surface area contributed by atoms with E-state index in [4.69, 9.17) is 4.74 Å². The summed E-state index contributed by atoms with van der Waals surface area (Å²) in [5.41, 5.74) is 0.957. The zero-order valence-corrected chi connectivity index (χ0v) is 18.4. The summed E-state index contributed by atoms with van der Waals surface area (Å²) in [6.07, 6.45) is 0.618. The lowest BCUT2D eigenvalue weighted by Crippen LogP contribution is -2.44. The van der Waals surface area contributed by atoms with E-state index in [0.29, 0.717) is 25.5 Å². The molecule has 1 heterocycles. The van der Waals surface area contributed by atoms with E-state index in [2.05, 4.69) is 31.6 Å². The molecule has 1 aromatic rings. The molecule has 1 aromatic carbocycles. The van der Waals surface area contributed by atoms with Gasteiger partial charge in [-0.1, -0.05) is 15.9 Å². The molecule has 2 rings (SSSR count). The minimum absolute atomic E-state index is 0. The molecule has 0 aliphatic carbocycles. The highest BCUT2D eigenvalue weighted by molar-refractivity contribution is 14.0. The fourth-order valence-corrected chi connectivity index (χ4v) is 4.54. The first-order valence-corrected chi connectivity index (χ1v) is 10.1. The molecule has 0 amide bonds. The zero-order chi connectivity index (χ0) is 16.9. The second kappa shape index (κ2) is 9.81. The van der Waals surface area contributed by atoms with Crippen LogP contribution in [0.2, 0.25) is 0 Å². The Morgan fingerprint density at radius 1 is 1.46 bits per heavy atom. The standard InChI is InChI=1S/C15H22BrN3O3S.HI/c1-3-17-15(19-13-6-7-23(20,21)10-13)18-9-11-8-12(16)4-5-14(11)22-2;/h4-5,8,13H,3,6-7,9-10H2,1-2H3,(H2,17,18,19);1H. The van der Waals surface area contributed by atoms with Crippen molar-refractivity contribution < 1.29 is 13.2 Å². The Balaban J connectivity index is 0.00000288. The normalized spacial score (nSPS) is 19.5. The lowest BCUT2D eigenvalue weighted by atomic mass is 10.2. The summed E-state index contributed by atoms with van der Waals surface area (Å²) in [4.78, 5) is 4.54. The topological polar surface area (TPSA) is 79.8 Å². The summed E-state index contributed by atoms with van der Waals surface area (Å²) in [5.74, 6) is 1.80. The first-order valence-electron chi connectivity index (χ1n) is 7.51. The van der Waals surface area contributed by atoms with Crippen molar-refractivity contribution in [3.8, 4) is 5.75 Å². The Labute approximate surface area is 168 Å².